The molecule has 0 aliphatic heterocycles. The normalized spacial score (nSPS) is 9.80. The van der Waals surface area contributed by atoms with Crippen molar-refractivity contribution in [1.29, 1.82) is 5.26 Å². The van der Waals surface area contributed by atoms with Crippen LogP contribution in [0.15, 0.2) is 54.6 Å². The largest absolute Gasteiger partial charge is 0.385 e. The van der Waals surface area contributed by atoms with Crippen molar-refractivity contribution in [3.05, 3.63) is 60.2 Å². The first kappa shape index (κ1) is 14.0. The first-order valence-corrected chi connectivity index (χ1v) is 6.80. The molecule has 1 N–H and O–H groups in total. The minimum atomic E-state index is 0.691. The van der Waals surface area contributed by atoms with Crippen LogP contribution in [-0.2, 0) is 0 Å². The summed E-state index contributed by atoms with van der Waals surface area (Å²) in [4.78, 5) is 2.24. The molecular formula is C17H19N3. The summed E-state index contributed by atoms with van der Waals surface area (Å²) in [5.74, 6) is 0. The highest BCUT2D eigenvalue weighted by atomic mass is 15.1. The third kappa shape index (κ3) is 4.03. The highest BCUT2D eigenvalue weighted by Crippen LogP contribution is 2.12. The van der Waals surface area contributed by atoms with Crippen LogP contribution >= 0.6 is 0 Å². The van der Waals surface area contributed by atoms with E-state index >= 15 is 0 Å². The van der Waals surface area contributed by atoms with Crippen LogP contribution in [0.2, 0.25) is 0 Å². The van der Waals surface area contributed by atoms with Gasteiger partial charge in [-0.3, -0.25) is 0 Å². The molecular weight excluding hydrogens is 246 g/mol. The smallest absolute Gasteiger partial charge is 0.0992 e. The zero-order chi connectivity index (χ0) is 14.2. The van der Waals surface area contributed by atoms with Crippen LogP contribution in [0.25, 0.3) is 0 Å². The van der Waals surface area contributed by atoms with Gasteiger partial charge < -0.3 is 10.2 Å². The monoisotopic (exact) mass is 265 g/mol. The third-order valence-corrected chi connectivity index (χ3v) is 3.19. The van der Waals surface area contributed by atoms with Gasteiger partial charge in [0.25, 0.3) is 0 Å². The molecule has 0 aromatic heterocycles. The van der Waals surface area contributed by atoms with Crippen LogP contribution in [-0.4, -0.2) is 20.1 Å². The van der Waals surface area contributed by atoms with E-state index in [0.717, 1.165) is 25.2 Å². The Morgan fingerprint density at radius 2 is 1.90 bits per heavy atom. The van der Waals surface area contributed by atoms with Crippen molar-refractivity contribution in [3.63, 3.8) is 0 Å². The summed E-state index contributed by atoms with van der Waals surface area (Å²) < 4.78 is 0. The van der Waals surface area contributed by atoms with Crippen molar-refractivity contribution in [2.45, 2.75) is 6.42 Å². The molecule has 2 rings (SSSR count). The van der Waals surface area contributed by atoms with Gasteiger partial charge in [0.05, 0.1) is 11.6 Å². The van der Waals surface area contributed by atoms with E-state index in [9.17, 15) is 0 Å². The Morgan fingerprint density at radius 1 is 1.10 bits per heavy atom. The zero-order valence-corrected chi connectivity index (χ0v) is 11.7. The molecule has 0 heterocycles. The van der Waals surface area contributed by atoms with Gasteiger partial charge in [0.2, 0.25) is 0 Å². The minimum absolute atomic E-state index is 0.691. The lowest BCUT2D eigenvalue weighted by atomic mass is 10.2. The number of nitriles is 1. The second-order valence-corrected chi connectivity index (χ2v) is 4.73. The highest BCUT2D eigenvalue weighted by Gasteiger charge is 1.99. The molecule has 102 valence electrons. The van der Waals surface area contributed by atoms with Gasteiger partial charge >= 0.3 is 0 Å². The average molecular weight is 265 g/mol. The Labute approximate surface area is 120 Å². The Hall–Kier alpha value is -2.47. The number of nitrogens with one attached hydrogen (secondary N) is 1. The molecule has 2 aromatic rings. The van der Waals surface area contributed by atoms with Crippen molar-refractivity contribution >= 4 is 11.4 Å². The van der Waals surface area contributed by atoms with Crippen LogP contribution in [0, 0.1) is 11.3 Å². The summed E-state index contributed by atoms with van der Waals surface area (Å²) in [6, 6.07) is 20.1. The summed E-state index contributed by atoms with van der Waals surface area (Å²) in [7, 11) is 2.10. The fourth-order valence-corrected chi connectivity index (χ4v) is 2.06. The molecule has 0 bridgehead atoms. The van der Waals surface area contributed by atoms with Gasteiger partial charge in [0.15, 0.2) is 0 Å². The molecule has 0 fully saturated rings. The van der Waals surface area contributed by atoms with Gasteiger partial charge in [-0.15, -0.1) is 0 Å². The number of rotatable bonds is 6. The number of hydrogen-bond donors (Lipinski definition) is 1. The second-order valence-electron chi connectivity index (χ2n) is 4.73. The first-order chi connectivity index (χ1) is 9.79. The Balaban J connectivity index is 1.75. The molecule has 3 heteroatoms. The topological polar surface area (TPSA) is 39.1 Å². The molecule has 0 amide bonds. The molecule has 3 nitrogen and oxygen atoms in total. The number of para-hydroxylation sites is 1. The van der Waals surface area contributed by atoms with Gasteiger partial charge in [-0.05, 0) is 36.8 Å². The van der Waals surface area contributed by atoms with E-state index in [2.05, 4.69) is 47.6 Å². The summed E-state index contributed by atoms with van der Waals surface area (Å²) >= 11 is 0. The van der Waals surface area contributed by atoms with E-state index in [1.54, 1.807) is 0 Å². The Kier molecular flexibility index (Phi) is 5.02. The maximum Gasteiger partial charge on any atom is 0.0992 e. The van der Waals surface area contributed by atoms with E-state index in [-0.39, 0.29) is 0 Å². The molecule has 0 aliphatic rings. The molecule has 0 radical (unpaired) electrons. The lowest BCUT2D eigenvalue weighted by Gasteiger charge is -2.19. The number of nitrogens with zero attached hydrogens (tertiary/aromatic N) is 2. The fourth-order valence-electron chi connectivity index (χ4n) is 2.06. The van der Waals surface area contributed by atoms with Gasteiger partial charge in [0, 0.05) is 31.5 Å². The van der Waals surface area contributed by atoms with Crippen molar-refractivity contribution in [1.82, 2.24) is 0 Å². The molecule has 0 atom stereocenters. The van der Waals surface area contributed by atoms with Gasteiger partial charge in [-0.1, -0.05) is 24.3 Å². The predicted octanol–water partition coefficient (Wildman–Crippen LogP) is 3.50. The third-order valence-electron chi connectivity index (χ3n) is 3.19. The van der Waals surface area contributed by atoms with Gasteiger partial charge in [-0.25, -0.2) is 0 Å². The molecule has 0 saturated carbocycles. The first-order valence-electron chi connectivity index (χ1n) is 6.80. The predicted molar refractivity (Wildman–Crippen MR) is 84.0 cm³/mol. The van der Waals surface area contributed by atoms with E-state index < -0.39 is 0 Å². The van der Waals surface area contributed by atoms with E-state index in [1.165, 1.54) is 5.69 Å². The van der Waals surface area contributed by atoms with Crippen LogP contribution in [0.1, 0.15) is 12.0 Å². The van der Waals surface area contributed by atoms with Crippen LogP contribution < -0.4 is 10.2 Å². The fraction of sp³-hybridized carbons (Fsp3) is 0.235. The Morgan fingerprint density at radius 3 is 2.65 bits per heavy atom. The summed E-state index contributed by atoms with van der Waals surface area (Å²) in [5, 5.41) is 12.2. The van der Waals surface area contributed by atoms with Crippen LogP contribution in [0.5, 0.6) is 0 Å². The standard InChI is InChI=1S/C17H19N3/c1-20(17-9-3-2-4-10-17)12-6-11-19-16-8-5-7-15(13-16)14-18/h2-5,7-10,13,19H,6,11-12H2,1H3. The maximum absolute atomic E-state index is 8.85. The maximum atomic E-state index is 8.85. The van der Waals surface area contributed by atoms with Crippen molar-refractivity contribution in [3.8, 4) is 6.07 Å². The summed E-state index contributed by atoms with van der Waals surface area (Å²) in [6.07, 6.45) is 1.04. The van der Waals surface area contributed by atoms with E-state index in [0.29, 0.717) is 5.56 Å². The molecule has 0 aliphatic carbocycles. The number of benzene rings is 2. The van der Waals surface area contributed by atoms with Crippen LogP contribution in [0.4, 0.5) is 11.4 Å². The number of anilines is 2. The lowest BCUT2D eigenvalue weighted by Crippen LogP contribution is -2.20. The second kappa shape index (κ2) is 7.20. The Bertz CT molecular complexity index is 572. The van der Waals surface area contributed by atoms with Gasteiger partial charge in [-0.2, -0.15) is 5.26 Å². The molecule has 0 unspecified atom stereocenters. The van der Waals surface area contributed by atoms with Gasteiger partial charge in [0.1, 0.15) is 0 Å². The molecule has 20 heavy (non-hydrogen) atoms. The minimum Gasteiger partial charge on any atom is -0.385 e. The van der Waals surface area contributed by atoms with Crippen molar-refractivity contribution in [2.24, 2.45) is 0 Å². The van der Waals surface area contributed by atoms with E-state index in [4.69, 9.17) is 5.26 Å². The summed E-state index contributed by atoms with van der Waals surface area (Å²) in [6.45, 7) is 1.89. The zero-order valence-electron chi connectivity index (χ0n) is 11.7. The molecule has 2 aromatic carbocycles. The quantitative estimate of drug-likeness (QED) is 0.812. The summed E-state index contributed by atoms with van der Waals surface area (Å²) in [5.41, 5.74) is 2.93. The average Bonchev–Trinajstić information content (AvgIpc) is 2.52. The van der Waals surface area contributed by atoms with Crippen molar-refractivity contribution in [2.75, 3.05) is 30.4 Å². The number of hydrogen-bond acceptors (Lipinski definition) is 3. The lowest BCUT2D eigenvalue weighted by molar-refractivity contribution is 0.816. The molecule has 0 spiro atoms. The van der Waals surface area contributed by atoms with E-state index in [1.807, 2.05) is 30.3 Å². The van der Waals surface area contributed by atoms with Crippen LogP contribution in [0.3, 0.4) is 0 Å². The highest BCUT2D eigenvalue weighted by molar-refractivity contribution is 5.49. The van der Waals surface area contributed by atoms with Crippen molar-refractivity contribution < 1.29 is 0 Å². The molecule has 0 saturated heterocycles. The SMILES string of the molecule is CN(CCCNc1cccc(C#N)c1)c1ccccc1.